The summed E-state index contributed by atoms with van der Waals surface area (Å²) in [5, 5.41) is 4.26. The van der Waals surface area contributed by atoms with Gasteiger partial charge in [-0.3, -0.25) is 9.47 Å². The molecule has 4 rings (SSSR count). The minimum absolute atomic E-state index is 0.0111. The molecule has 236 valence electrons. The Morgan fingerprint density at radius 1 is 1.20 bits per heavy atom. The Bertz CT molecular complexity index is 1500. The number of likely N-dealkylation sites (N-methyl/N-ethyl adjacent to an activating group) is 1. The summed E-state index contributed by atoms with van der Waals surface area (Å²) in [7, 11) is 7.25. The lowest BCUT2D eigenvalue weighted by Gasteiger charge is -2.37. The van der Waals surface area contributed by atoms with Crippen LogP contribution in [0.5, 0.6) is 0 Å². The lowest BCUT2D eigenvalue weighted by Crippen LogP contribution is -2.51. The Hall–Kier alpha value is -3.57. The molecular formula is C33H44ClN6O4+. The molecule has 0 saturated heterocycles. The van der Waals surface area contributed by atoms with E-state index in [0.717, 1.165) is 40.1 Å². The largest absolute Gasteiger partial charge is 0.447 e. The van der Waals surface area contributed by atoms with Crippen molar-refractivity contribution in [1.82, 2.24) is 24.8 Å². The molecule has 1 aliphatic rings. The van der Waals surface area contributed by atoms with Crippen molar-refractivity contribution in [2.75, 3.05) is 47.4 Å². The van der Waals surface area contributed by atoms with E-state index in [4.69, 9.17) is 26.1 Å². The van der Waals surface area contributed by atoms with Gasteiger partial charge < -0.3 is 24.3 Å². The van der Waals surface area contributed by atoms with E-state index in [9.17, 15) is 9.59 Å². The molecule has 0 unspecified atom stereocenters. The zero-order valence-electron chi connectivity index (χ0n) is 26.7. The van der Waals surface area contributed by atoms with Crippen LogP contribution in [0.15, 0.2) is 49.1 Å². The van der Waals surface area contributed by atoms with E-state index in [1.807, 2.05) is 76.8 Å². The summed E-state index contributed by atoms with van der Waals surface area (Å²) >= 11 is 6.67. The number of aromatic nitrogens is 3. The van der Waals surface area contributed by atoms with Gasteiger partial charge in [0.1, 0.15) is 5.69 Å². The van der Waals surface area contributed by atoms with Crippen molar-refractivity contribution in [3.8, 4) is 0 Å². The number of halogens is 1. The van der Waals surface area contributed by atoms with Crippen LogP contribution >= 0.6 is 11.6 Å². The van der Waals surface area contributed by atoms with Crippen molar-refractivity contribution in [1.29, 1.82) is 0 Å². The summed E-state index contributed by atoms with van der Waals surface area (Å²) in [6.45, 7) is 7.27. The van der Waals surface area contributed by atoms with E-state index in [1.54, 1.807) is 23.6 Å². The van der Waals surface area contributed by atoms with Crippen molar-refractivity contribution in [3.63, 3.8) is 0 Å². The Morgan fingerprint density at radius 3 is 2.64 bits per heavy atom. The number of benzene rings is 1. The fourth-order valence-electron chi connectivity index (χ4n) is 5.74. The number of methoxy groups -OCH3 is 1. The van der Waals surface area contributed by atoms with Crippen molar-refractivity contribution in [2.24, 2.45) is 7.05 Å². The van der Waals surface area contributed by atoms with Crippen LogP contribution in [0.4, 0.5) is 4.79 Å². The van der Waals surface area contributed by atoms with Gasteiger partial charge in [-0.05, 0) is 61.2 Å². The van der Waals surface area contributed by atoms with Crippen LogP contribution in [0, 0.1) is 0 Å². The van der Waals surface area contributed by atoms with Gasteiger partial charge in [-0.25, -0.2) is 14.6 Å². The third-order valence-corrected chi connectivity index (χ3v) is 8.13. The van der Waals surface area contributed by atoms with Gasteiger partial charge in [-0.2, -0.15) is 0 Å². The molecule has 2 amide bonds. The molecular weight excluding hydrogens is 580 g/mol. The van der Waals surface area contributed by atoms with E-state index in [-0.39, 0.29) is 35.2 Å². The number of carbonyl (C=O) groups excluding carboxylic acids is 2. The zero-order valence-corrected chi connectivity index (χ0v) is 27.5. The fourth-order valence-corrected chi connectivity index (χ4v) is 5.91. The quantitative estimate of drug-likeness (QED) is 0.275. The third-order valence-electron chi connectivity index (χ3n) is 7.90. The van der Waals surface area contributed by atoms with Crippen LogP contribution in [-0.4, -0.2) is 89.5 Å². The number of pyridine rings is 1. The lowest BCUT2D eigenvalue weighted by molar-refractivity contribution is -0.837. The molecule has 0 aliphatic heterocycles. The number of rotatable bonds is 12. The van der Waals surface area contributed by atoms with Crippen molar-refractivity contribution in [3.05, 3.63) is 82.2 Å². The van der Waals surface area contributed by atoms with E-state index >= 15 is 0 Å². The van der Waals surface area contributed by atoms with Crippen LogP contribution in [0.1, 0.15) is 67.4 Å². The Labute approximate surface area is 265 Å². The minimum Gasteiger partial charge on any atom is -0.447 e. The minimum atomic E-state index is -0.444. The highest BCUT2D eigenvalue weighted by atomic mass is 35.5. The van der Waals surface area contributed by atoms with E-state index < -0.39 is 6.04 Å². The molecule has 10 nitrogen and oxygen atoms in total. The number of amides is 2. The number of nitrogens with zero attached hydrogens (tertiary/aromatic N) is 5. The number of quaternary nitrogens is 1. The average molecular weight is 624 g/mol. The highest BCUT2D eigenvalue weighted by Gasteiger charge is 2.43. The predicted octanol–water partition coefficient (Wildman–Crippen LogP) is 5.25. The molecule has 0 fully saturated rings. The SMILES string of the molecule is CCCN(CCN[C@H]1c2ccc(Cl)cc2C([C@H](c2cncn2C)[N+](C)(C)C(=O)COC)=Cc2cccnc21)C(=O)OC(C)C. The van der Waals surface area contributed by atoms with Crippen molar-refractivity contribution in [2.45, 2.75) is 45.4 Å². The van der Waals surface area contributed by atoms with Crippen LogP contribution < -0.4 is 5.32 Å². The Balaban J connectivity index is 1.83. The highest BCUT2D eigenvalue weighted by molar-refractivity contribution is 6.30. The Morgan fingerprint density at radius 2 is 1.98 bits per heavy atom. The smallest absolute Gasteiger partial charge is 0.410 e. The molecule has 0 bridgehead atoms. The first-order chi connectivity index (χ1) is 21.0. The first kappa shape index (κ1) is 33.3. The number of ether oxygens (including phenoxy) is 2. The van der Waals surface area contributed by atoms with Crippen LogP contribution in [0.3, 0.4) is 0 Å². The van der Waals surface area contributed by atoms with Gasteiger partial charge in [0, 0.05) is 50.6 Å². The van der Waals surface area contributed by atoms with Gasteiger partial charge in [-0.1, -0.05) is 30.7 Å². The number of nitrogens with one attached hydrogen (secondary N) is 1. The van der Waals surface area contributed by atoms with Crippen LogP contribution in [0.2, 0.25) is 5.02 Å². The second kappa shape index (κ2) is 14.5. The summed E-state index contributed by atoms with van der Waals surface area (Å²) in [5.74, 6) is -0.0854. The van der Waals surface area contributed by atoms with E-state index in [2.05, 4.69) is 16.4 Å². The first-order valence-electron chi connectivity index (χ1n) is 15.0. The maximum Gasteiger partial charge on any atom is 0.410 e. The topological polar surface area (TPSA) is 98.6 Å². The molecule has 11 heteroatoms. The molecule has 44 heavy (non-hydrogen) atoms. The molecule has 1 N–H and O–H groups in total. The molecule has 3 aromatic rings. The molecule has 1 aliphatic carbocycles. The van der Waals surface area contributed by atoms with E-state index in [0.29, 0.717) is 24.7 Å². The second-order valence-corrected chi connectivity index (χ2v) is 12.3. The number of hydrogen-bond acceptors (Lipinski definition) is 7. The van der Waals surface area contributed by atoms with E-state index in [1.165, 1.54) is 7.11 Å². The van der Waals surface area contributed by atoms with Gasteiger partial charge in [0.2, 0.25) is 0 Å². The van der Waals surface area contributed by atoms with Gasteiger partial charge in [0.25, 0.3) is 0 Å². The number of imidazole rings is 1. The van der Waals surface area contributed by atoms with Gasteiger partial charge in [0.05, 0.1) is 44.5 Å². The van der Waals surface area contributed by atoms with Crippen LogP contribution in [-0.2, 0) is 21.3 Å². The predicted molar refractivity (Wildman–Crippen MR) is 172 cm³/mol. The first-order valence-corrected chi connectivity index (χ1v) is 15.3. The number of carbonyl (C=O) groups is 2. The highest BCUT2D eigenvalue weighted by Crippen LogP contribution is 2.45. The van der Waals surface area contributed by atoms with Crippen molar-refractivity contribution >= 4 is 35.3 Å². The summed E-state index contributed by atoms with van der Waals surface area (Å²) in [4.78, 5) is 37.3. The van der Waals surface area contributed by atoms with Crippen LogP contribution in [0.25, 0.3) is 11.6 Å². The summed E-state index contributed by atoms with van der Waals surface area (Å²) in [6, 6.07) is 9.03. The third kappa shape index (κ3) is 7.21. The zero-order chi connectivity index (χ0) is 32.0. The maximum atomic E-state index is 13.6. The second-order valence-electron chi connectivity index (χ2n) is 11.8. The summed E-state index contributed by atoms with van der Waals surface area (Å²) in [5.41, 5.74) is 5.41. The molecule has 0 saturated carbocycles. The molecule has 1 aromatic carbocycles. The molecule has 2 atom stereocenters. The molecule has 0 radical (unpaired) electrons. The normalized spacial score (nSPS) is 15.2. The van der Waals surface area contributed by atoms with Gasteiger partial charge in [-0.15, -0.1) is 0 Å². The standard InChI is InChI=1S/C33H44ClN6O4/c1-8-15-39(33(42)44-22(2)3)16-14-37-31-25-12-11-24(34)18-26(25)27(17-23-10-9-13-36-30(23)31)32(28-19-35-21-38(28)4)40(5,6)29(41)20-43-7/h9-13,17-19,21-22,31-32,37H,8,14-16,20H2,1-7H3/q+1/t31-,32+/m0/s1. The van der Waals surface area contributed by atoms with Gasteiger partial charge in [0.15, 0.2) is 12.6 Å². The van der Waals surface area contributed by atoms with Gasteiger partial charge >= 0.3 is 12.0 Å². The molecule has 0 spiro atoms. The number of aryl methyl sites for hydroxylation is 1. The average Bonchev–Trinajstić information content (AvgIpc) is 3.34. The molecule has 2 heterocycles. The lowest BCUT2D eigenvalue weighted by atomic mass is 9.89. The molecule has 2 aromatic heterocycles. The monoisotopic (exact) mass is 623 g/mol. The Kier molecular flexibility index (Phi) is 11.0. The summed E-state index contributed by atoms with van der Waals surface area (Å²) in [6.07, 6.45) is 7.75. The number of fused-ring (bicyclic) bond motifs is 2. The summed E-state index contributed by atoms with van der Waals surface area (Å²) < 4.78 is 12.7. The van der Waals surface area contributed by atoms with Crippen molar-refractivity contribution < 1.29 is 23.5 Å². The maximum absolute atomic E-state index is 13.6. The fraction of sp³-hybridized carbons (Fsp3) is 0.455. The number of hydrogen-bond donors (Lipinski definition) is 1.